The number of ether oxygens (including phenoxy) is 2. The average molecular weight is 338 g/mol. The Balaban J connectivity index is 1.75. The van der Waals surface area contributed by atoms with Gasteiger partial charge in [0.15, 0.2) is 0 Å². The summed E-state index contributed by atoms with van der Waals surface area (Å²) in [5, 5.41) is 4.07. The van der Waals surface area contributed by atoms with E-state index in [0.717, 1.165) is 34.6 Å². The van der Waals surface area contributed by atoms with Gasteiger partial charge in [0.2, 0.25) is 0 Å². The minimum Gasteiger partial charge on any atom is -0.493 e. The summed E-state index contributed by atoms with van der Waals surface area (Å²) >= 11 is 0. The van der Waals surface area contributed by atoms with Gasteiger partial charge in [-0.05, 0) is 45.0 Å². The van der Waals surface area contributed by atoms with Crippen molar-refractivity contribution in [2.75, 3.05) is 6.61 Å². The Morgan fingerprint density at radius 1 is 1.36 bits per heavy atom. The molecule has 0 unspecified atom stereocenters. The van der Waals surface area contributed by atoms with Crippen LogP contribution in [-0.4, -0.2) is 24.8 Å². The molecule has 3 rings (SSSR count). The molecular formula is C20H22N2O3. The van der Waals surface area contributed by atoms with E-state index in [4.69, 9.17) is 9.47 Å². The monoisotopic (exact) mass is 338 g/mol. The second-order valence-corrected chi connectivity index (χ2v) is 6.13. The maximum absolute atomic E-state index is 12.1. The summed E-state index contributed by atoms with van der Waals surface area (Å²) in [7, 11) is 0. The molecule has 5 nitrogen and oxygen atoms in total. The lowest BCUT2D eigenvalue weighted by atomic mass is 10.1. The number of amides is 1. The first-order chi connectivity index (χ1) is 12.1. The summed E-state index contributed by atoms with van der Waals surface area (Å²) < 4.78 is 11.5. The van der Waals surface area contributed by atoms with E-state index in [2.05, 4.69) is 10.5 Å². The quantitative estimate of drug-likeness (QED) is 0.671. The van der Waals surface area contributed by atoms with E-state index in [1.807, 2.05) is 45.0 Å². The number of hydrogen-bond acceptors (Lipinski definition) is 4. The Kier molecular flexibility index (Phi) is 5.03. The normalized spacial score (nSPS) is 15.7. The lowest BCUT2D eigenvalue weighted by Crippen LogP contribution is -2.17. The number of benzene rings is 2. The van der Waals surface area contributed by atoms with Crippen LogP contribution in [0.15, 0.2) is 41.5 Å². The number of hydrazone groups is 1. The van der Waals surface area contributed by atoms with Gasteiger partial charge in [0, 0.05) is 23.1 Å². The molecule has 1 heterocycles. The first kappa shape index (κ1) is 17.0. The fraction of sp³-hybridized carbons (Fsp3) is 0.300. The topological polar surface area (TPSA) is 59.9 Å². The van der Waals surface area contributed by atoms with Crippen molar-refractivity contribution in [3.63, 3.8) is 0 Å². The van der Waals surface area contributed by atoms with Crippen molar-refractivity contribution in [1.82, 2.24) is 5.43 Å². The molecule has 0 aromatic heterocycles. The zero-order valence-corrected chi connectivity index (χ0v) is 14.7. The molecule has 0 bridgehead atoms. The van der Waals surface area contributed by atoms with Gasteiger partial charge in [0.25, 0.3) is 5.91 Å². The van der Waals surface area contributed by atoms with E-state index < -0.39 is 0 Å². The molecule has 2 aromatic carbocycles. The van der Waals surface area contributed by atoms with Gasteiger partial charge in [-0.25, -0.2) is 5.43 Å². The zero-order valence-electron chi connectivity index (χ0n) is 14.7. The van der Waals surface area contributed by atoms with Crippen molar-refractivity contribution in [2.24, 2.45) is 5.10 Å². The highest BCUT2D eigenvalue weighted by Gasteiger charge is 2.21. The van der Waals surface area contributed by atoms with E-state index in [-0.39, 0.29) is 12.0 Å². The Labute approximate surface area is 147 Å². The van der Waals surface area contributed by atoms with Crippen molar-refractivity contribution >= 4 is 12.1 Å². The molecule has 0 fully saturated rings. The lowest BCUT2D eigenvalue weighted by Gasteiger charge is -2.09. The Hall–Kier alpha value is -2.82. The van der Waals surface area contributed by atoms with Crippen molar-refractivity contribution in [1.29, 1.82) is 0 Å². The van der Waals surface area contributed by atoms with E-state index in [9.17, 15) is 4.79 Å². The zero-order chi connectivity index (χ0) is 17.8. The van der Waals surface area contributed by atoms with Crippen LogP contribution in [0.1, 0.15) is 40.9 Å². The van der Waals surface area contributed by atoms with Crippen molar-refractivity contribution in [2.45, 2.75) is 33.3 Å². The number of nitrogens with zero attached hydrogens (tertiary/aromatic N) is 1. The molecule has 1 atom stereocenters. The number of rotatable bonds is 5. The van der Waals surface area contributed by atoms with Crippen molar-refractivity contribution in [3.05, 3.63) is 58.7 Å². The predicted molar refractivity (Wildman–Crippen MR) is 97.6 cm³/mol. The van der Waals surface area contributed by atoms with Crippen LogP contribution in [-0.2, 0) is 6.42 Å². The second kappa shape index (κ2) is 7.38. The molecule has 25 heavy (non-hydrogen) atoms. The lowest BCUT2D eigenvalue weighted by molar-refractivity contribution is 0.0955. The summed E-state index contributed by atoms with van der Waals surface area (Å²) in [4.78, 5) is 12.1. The molecule has 2 aromatic rings. The van der Waals surface area contributed by atoms with Crippen LogP contribution in [0.5, 0.6) is 11.5 Å². The standard InChI is InChI=1S/C20H22N2O3/c1-4-24-18-10-16-9-14(3)25-19(16)11-17(18)12-21-22-20(23)15-7-5-13(2)6-8-15/h5-8,10-12,14H,4,9H2,1-3H3,(H,22,23)/b21-12-/t14-/m0/s1. The molecule has 130 valence electrons. The summed E-state index contributed by atoms with van der Waals surface area (Å²) in [5.41, 5.74) is 6.13. The van der Waals surface area contributed by atoms with Gasteiger partial charge in [-0.1, -0.05) is 17.7 Å². The maximum atomic E-state index is 12.1. The van der Waals surface area contributed by atoms with Crippen molar-refractivity contribution < 1.29 is 14.3 Å². The third-order valence-electron chi connectivity index (χ3n) is 4.01. The smallest absolute Gasteiger partial charge is 0.271 e. The molecule has 1 aliphatic heterocycles. The SMILES string of the molecule is CCOc1cc2c(cc1/C=N\NC(=O)c1ccc(C)cc1)O[C@@H](C)C2. The molecular weight excluding hydrogens is 316 g/mol. The maximum Gasteiger partial charge on any atom is 0.271 e. The van der Waals surface area contributed by atoms with Crippen LogP contribution in [0, 0.1) is 6.92 Å². The van der Waals surface area contributed by atoms with Gasteiger partial charge in [-0.2, -0.15) is 5.10 Å². The molecule has 0 saturated heterocycles. The van der Waals surface area contributed by atoms with Gasteiger partial charge in [-0.15, -0.1) is 0 Å². The highest BCUT2D eigenvalue weighted by Crippen LogP contribution is 2.34. The van der Waals surface area contributed by atoms with Gasteiger partial charge >= 0.3 is 0 Å². The van der Waals surface area contributed by atoms with Crippen LogP contribution >= 0.6 is 0 Å². The highest BCUT2D eigenvalue weighted by atomic mass is 16.5. The fourth-order valence-electron chi connectivity index (χ4n) is 2.77. The Morgan fingerprint density at radius 3 is 2.84 bits per heavy atom. The number of carbonyl (C=O) groups excluding carboxylic acids is 1. The van der Waals surface area contributed by atoms with E-state index in [1.54, 1.807) is 18.3 Å². The Morgan fingerprint density at radius 2 is 2.12 bits per heavy atom. The molecule has 0 aliphatic carbocycles. The number of fused-ring (bicyclic) bond motifs is 1. The van der Waals surface area contributed by atoms with E-state index in [1.165, 1.54) is 0 Å². The largest absolute Gasteiger partial charge is 0.493 e. The minimum atomic E-state index is -0.250. The van der Waals surface area contributed by atoms with E-state index in [0.29, 0.717) is 12.2 Å². The minimum absolute atomic E-state index is 0.165. The summed E-state index contributed by atoms with van der Waals surface area (Å²) in [5.74, 6) is 1.34. The summed E-state index contributed by atoms with van der Waals surface area (Å²) in [6.07, 6.45) is 2.62. The molecule has 1 N–H and O–H groups in total. The summed E-state index contributed by atoms with van der Waals surface area (Å²) in [6, 6.07) is 11.2. The number of nitrogens with one attached hydrogen (secondary N) is 1. The number of carbonyl (C=O) groups is 1. The predicted octanol–water partition coefficient (Wildman–Crippen LogP) is 3.48. The van der Waals surface area contributed by atoms with Gasteiger partial charge in [0.1, 0.15) is 17.6 Å². The van der Waals surface area contributed by atoms with Crippen LogP contribution in [0.3, 0.4) is 0 Å². The van der Waals surface area contributed by atoms with Gasteiger partial charge < -0.3 is 9.47 Å². The number of hydrogen-bond donors (Lipinski definition) is 1. The third kappa shape index (κ3) is 3.99. The molecule has 1 amide bonds. The fourth-order valence-corrected chi connectivity index (χ4v) is 2.77. The third-order valence-corrected chi connectivity index (χ3v) is 4.01. The van der Waals surface area contributed by atoms with Gasteiger partial charge in [0.05, 0.1) is 12.8 Å². The summed E-state index contributed by atoms with van der Waals surface area (Å²) in [6.45, 7) is 6.51. The van der Waals surface area contributed by atoms with Crippen LogP contribution in [0.25, 0.3) is 0 Å². The molecule has 5 heteroatoms. The number of aryl methyl sites for hydroxylation is 1. The molecule has 1 aliphatic rings. The molecule has 0 spiro atoms. The van der Waals surface area contributed by atoms with Gasteiger partial charge in [-0.3, -0.25) is 4.79 Å². The second-order valence-electron chi connectivity index (χ2n) is 6.13. The van der Waals surface area contributed by atoms with Crippen LogP contribution < -0.4 is 14.9 Å². The first-order valence-electron chi connectivity index (χ1n) is 8.43. The average Bonchev–Trinajstić information content (AvgIpc) is 2.94. The van der Waals surface area contributed by atoms with Crippen LogP contribution in [0.2, 0.25) is 0 Å². The highest BCUT2D eigenvalue weighted by molar-refractivity contribution is 5.95. The van der Waals surface area contributed by atoms with Crippen LogP contribution in [0.4, 0.5) is 0 Å². The first-order valence-corrected chi connectivity index (χ1v) is 8.43. The molecule has 0 radical (unpaired) electrons. The van der Waals surface area contributed by atoms with Crippen molar-refractivity contribution in [3.8, 4) is 11.5 Å². The Bertz CT molecular complexity index is 797. The van der Waals surface area contributed by atoms with E-state index >= 15 is 0 Å². The molecule has 0 saturated carbocycles.